The Morgan fingerprint density at radius 1 is 1.56 bits per heavy atom. The lowest BCUT2D eigenvalue weighted by Crippen LogP contribution is -2.34. The van der Waals surface area contributed by atoms with Gasteiger partial charge in [0.05, 0.1) is 12.6 Å². The predicted octanol–water partition coefficient (Wildman–Crippen LogP) is -0.498. The maximum atomic E-state index is 11.4. The summed E-state index contributed by atoms with van der Waals surface area (Å²) in [4.78, 5) is 11.4. The van der Waals surface area contributed by atoms with Crippen LogP contribution in [0.4, 0.5) is 0 Å². The monoisotopic (exact) mass is 252 g/mol. The molecule has 1 aromatic heterocycles. The van der Waals surface area contributed by atoms with E-state index in [1.807, 2.05) is 12.3 Å². The third-order valence-corrected chi connectivity index (χ3v) is 2.81. The Bertz CT molecular complexity index is 362. The van der Waals surface area contributed by atoms with Crippen molar-refractivity contribution < 1.29 is 9.90 Å². The Morgan fingerprint density at radius 2 is 2.39 bits per heavy atom. The number of carbonyl (C=O) groups is 1. The van der Waals surface area contributed by atoms with Crippen molar-refractivity contribution in [2.45, 2.75) is 38.0 Å². The van der Waals surface area contributed by atoms with Crippen LogP contribution in [-0.4, -0.2) is 46.0 Å². The van der Waals surface area contributed by atoms with Crippen LogP contribution in [0.15, 0.2) is 18.5 Å². The molecule has 2 rings (SSSR count). The highest BCUT2D eigenvalue weighted by atomic mass is 16.3. The molecule has 1 aromatic rings. The van der Waals surface area contributed by atoms with Crippen molar-refractivity contribution in [1.82, 2.24) is 20.4 Å². The first-order valence-corrected chi connectivity index (χ1v) is 6.39. The zero-order valence-corrected chi connectivity index (χ0v) is 10.4. The van der Waals surface area contributed by atoms with Crippen molar-refractivity contribution in [3.8, 4) is 0 Å². The van der Waals surface area contributed by atoms with Crippen molar-refractivity contribution in [1.29, 1.82) is 0 Å². The molecule has 0 aliphatic heterocycles. The fourth-order valence-electron chi connectivity index (χ4n) is 1.69. The summed E-state index contributed by atoms with van der Waals surface area (Å²) >= 11 is 0. The molecule has 0 bridgehead atoms. The van der Waals surface area contributed by atoms with Gasteiger partial charge in [-0.1, -0.05) is 0 Å². The minimum Gasteiger partial charge on any atom is -0.390 e. The number of hydrogen-bond acceptors (Lipinski definition) is 4. The molecule has 1 unspecified atom stereocenters. The van der Waals surface area contributed by atoms with Gasteiger partial charge in [-0.3, -0.25) is 9.48 Å². The minimum atomic E-state index is -0.489. The van der Waals surface area contributed by atoms with E-state index in [9.17, 15) is 9.90 Å². The molecule has 0 aromatic carbocycles. The van der Waals surface area contributed by atoms with Gasteiger partial charge >= 0.3 is 0 Å². The molecule has 1 amide bonds. The topological polar surface area (TPSA) is 79.2 Å². The Labute approximate surface area is 106 Å². The van der Waals surface area contributed by atoms with Crippen LogP contribution in [0.25, 0.3) is 0 Å². The molecule has 1 aliphatic carbocycles. The van der Waals surface area contributed by atoms with Crippen LogP contribution in [0, 0.1) is 0 Å². The molecule has 1 saturated carbocycles. The number of aliphatic hydroxyl groups is 1. The molecule has 1 atom stereocenters. The van der Waals surface area contributed by atoms with Crippen LogP contribution in [0.5, 0.6) is 0 Å². The molecule has 0 saturated heterocycles. The minimum absolute atomic E-state index is 0.0894. The first-order valence-electron chi connectivity index (χ1n) is 6.39. The quantitative estimate of drug-likeness (QED) is 0.545. The smallest absolute Gasteiger partial charge is 0.221 e. The van der Waals surface area contributed by atoms with Crippen molar-refractivity contribution in [3.05, 3.63) is 18.5 Å². The highest BCUT2D eigenvalue weighted by Gasteiger charge is 2.22. The van der Waals surface area contributed by atoms with E-state index in [1.54, 1.807) is 10.9 Å². The summed E-state index contributed by atoms with van der Waals surface area (Å²) in [5.74, 6) is 0.0894. The molecule has 0 radical (unpaired) electrons. The Kier molecular flexibility index (Phi) is 4.72. The van der Waals surface area contributed by atoms with Crippen molar-refractivity contribution in [2.24, 2.45) is 0 Å². The number of carbonyl (C=O) groups excluding carboxylic acids is 1. The van der Waals surface area contributed by atoms with Crippen molar-refractivity contribution in [2.75, 3.05) is 13.1 Å². The number of aromatic nitrogens is 2. The highest BCUT2D eigenvalue weighted by Crippen LogP contribution is 2.18. The molecule has 1 aliphatic rings. The van der Waals surface area contributed by atoms with Crippen molar-refractivity contribution in [3.63, 3.8) is 0 Å². The number of amides is 1. The summed E-state index contributed by atoms with van der Waals surface area (Å²) in [7, 11) is 0. The first-order chi connectivity index (χ1) is 8.74. The van der Waals surface area contributed by atoms with E-state index in [0.29, 0.717) is 32.1 Å². The van der Waals surface area contributed by atoms with E-state index >= 15 is 0 Å². The second kappa shape index (κ2) is 6.51. The molecule has 6 heteroatoms. The van der Waals surface area contributed by atoms with Gasteiger partial charge in [0.15, 0.2) is 0 Å². The van der Waals surface area contributed by atoms with Gasteiger partial charge in [0, 0.05) is 37.9 Å². The van der Waals surface area contributed by atoms with Crippen LogP contribution >= 0.6 is 0 Å². The van der Waals surface area contributed by atoms with Gasteiger partial charge in [-0.05, 0) is 18.9 Å². The molecule has 6 nitrogen and oxygen atoms in total. The van der Waals surface area contributed by atoms with Gasteiger partial charge in [0.25, 0.3) is 0 Å². The van der Waals surface area contributed by atoms with Crippen LogP contribution in [0.3, 0.4) is 0 Å². The van der Waals surface area contributed by atoms with Crippen LogP contribution in [0.2, 0.25) is 0 Å². The van der Waals surface area contributed by atoms with Crippen LogP contribution in [-0.2, 0) is 11.3 Å². The third kappa shape index (κ3) is 4.85. The second-order valence-corrected chi connectivity index (χ2v) is 4.68. The fraction of sp³-hybridized carbons (Fsp3) is 0.667. The SMILES string of the molecule is O=C(CCNCC(O)Cn1cccn1)NC1CC1. The predicted molar refractivity (Wildman–Crippen MR) is 66.9 cm³/mol. The molecule has 1 heterocycles. The average Bonchev–Trinajstić information content (AvgIpc) is 2.99. The summed E-state index contributed by atoms with van der Waals surface area (Å²) in [6, 6.07) is 2.24. The molecule has 18 heavy (non-hydrogen) atoms. The lowest BCUT2D eigenvalue weighted by atomic mass is 10.3. The zero-order valence-electron chi connectivity index (χ0n) is 10.4. The summed E-state index contributed by atoms with van der Waals surface area (Å²) in [5, 5.41) is 19.7. The van der Waals surface area contributed by atoms with Crippen molar-refractivity contribution >= 4 is 5.91 Å². The largest absolute Gasteiger partial charge is 0.390 e. The van der Waals surface area contributed by atoms with Gasteiger partial charge in [-0.15, -0.1) is 0 Å². The van der Waals surface area contributed by atoms with E-state index in [0.717, 1.165) is 12.8 Å². The highest BCUT2D eigenvalue weighted by molar-refractivity contribution is 5.76. The zero-order chi connectivity index (χ0) is 12.8. The summed E-state index contributed by atoms with van der Waals surface area (Å²) in [5.41, 5.74) is 0. The number of rotatable bonds is 8. The van der Waals surface area contributed by atoms with E-state index in [1.165, 1.54) is 0 Å². The van der Waals surface area contributed by atoms with Gasteiger partial charge < -0.3 is 15.7 Å². The van der Waals surface area contributed by atoms with E-state index in [4.69, 9.17) is 0 Å². The molecular formula is C12H20N4O2. The summed E-state index contributed by atoms with van der Waals surface area (Å²) in [6.45, 7) is 1.53. The van der Waals surface area contributed by atoms with E-state index in [-0.39, 0.29) is 5.91 Å². The van der Waals surface area contributed by atoms with Gasteiger partial charge in [-0.2, -0.15) is 5.10 Å². The van der Waals surface area contributed by atoms with Gasteiger partial charge in [0.2, 0.25) is 5.91 Å². The van der Waals surface area contributed by atoms with E-state index in [2.05, 4.69) is 15.7 Å². The third-order valence-electron chi connectivity index (χ3n) is 2.81. The maximum Gasteiger partial charge on any atom is 0.221 e. The molecule has 100 valence electrons. The Balaban J connectivity index is 1.50. The molecule has 0 spiro atoms. The standard InChI is InChI=1S/C12H20N4O2/c17-11(9-16-7-1-5-14-16)8-13-6-4-12(18)15-10-2-3-10/h1,5,7,10-11,13,17H,2-4,6,8-9H2,(H,15,18). The lowest BCUT2D eigenvalue weighted by Gasteiger charge is -2.11. The number of nitrogens with one attached hydrogen (secondary N) is 2. The number of aliphatic hydroxyl groups excluding tert-OH is 1. The van der Waals surface area contributed by atoms with Gasteiger partial charge in [0.1, 0.15) is 0 Å². The normalized spacial score (nSPS) is 16.5. The average molecular weight is 252 g/mol. The summed E-state index contributed by atoms with van der Waals surface area (Å²) in [6.07, 6.45) is 5.69. The molecule has 3 N–H and O–H groups in total. The molecule has 1 fully saturated rings. The van der Waals surface area contributed by atoms with E-state index < -0.39 is 6.10 Å². The Morgan fingerprint density at radius 3 is 3.06 bits per heavy atom. The second-order valence-electron chi connectivity index (χ2n) is 4.68. The number of hydrogen-bond donors (Lipinski definition) is 3. The van der Waals surface area contributed by atoms with Crippen LogP contribution < -0.4 is 10.6 Å². The number of nitrogens with zero attached hydrogens (tertiary/aromatic N) is 2. The first kappa shape index (κ1) is 13.0. The lowest BCUT2D eigenvalue weighted by molar-refractivity contribution is -0.121. The van der Waals surface area contributed by atoms with Gasteiger partial charge in [-0.25, -0.2) is 0 Å². The Hall–Kier alpha value is -1.40. The molecular weight excluding hydrogens is 232 g/mol. The maximum absolute atomic E-state index is 11.4. The van der Waals surface area contributed by atoms with Crippen LogP contribution in [0.1, 0.15) is 19.3 Å². The fourth-order valence-corrected chi connectivity index (χ4v) is 1.69. The summed E-state index contributed by atoms with van der Waals surface area (Å²) < 4.78 is 1.69.